The van der Waals surface area contributed by atoms with Gasteiger partial charge in [0.1, 0.15) is 5.65 Å². The Balaban J connectivity index is 1.63. The molecule has 4 rings (SSSR count). The van der Waals surface area contributed by atoms with Gasteiger partial charge in [-0.3, -0.25) is 4.79 Å². The quantitative estimate of drug-likeness (QED) is 0.797. The monoisotopic (exact) mass is 318 g/mol. The molecule has 2 saturated heterocycles. The predicted octanol–water partition coefficient (Wildman–Crippen LogP) is 2.26. The highest BCUT2D eigenvalue weighted by Gasteiger charge is 2.46. The van der Waals surface area contributed by atoms with Crippen LogP contribution in [0.3, 0.4) is 0 Å². The first kappa shape index (κ1) is 13.9. The van der Waals surface area contributed by atoms with Crippen LogP contribution in [0.2, 0.25) is 0 Å². The molecule has 0 aliphatic carbocycles. The van der Waals surface area contributed by atoms with Gasteiger partial charge in [0, 0.05) is 30.1 Å². The SMILES string of the molecule is O=C(c1ccc2nccn2c1)C1CC2CCCC(C1)S2(=O)=O. The number of sulfone groups is 1. The van der Waals surface area contributed by atoms with Crippen molar-refractivity contribution in [1.82, 2.24) is 9.38 Å². The fourth-order valence-electron chi connectivity index (χ4n) is 3.92. The number of imidazole rings is 1. The van der Waals surface area contributed by atoms with Gasteiger partial charge in [-0.2, -0.15) is 0 Å². The van der Waals surface area contributed by atoms with E-state index in [9.17, 15) is 13.2 Å². The third kappa shape index (κ3) is 2.08. The summed E-state index contributed by atoms with van der Waals surface area (Å²) >= 11 is 0. The van der Waals surface area contributed by atoms with Gasteiger partial charge >= 0.3 is 0 Å². The van der Waals surface area contributed by atoms with E-state index >= 15 is 0 Å². The molecular weight excluding hydrogens is 300 g/mol. The molecular formula is C16H18N2O3S. The van der Waals surface area contributed by atoms with E-state index in [1.807, 2.05) is 16.7 Å². The van der Waals surface area contributed by atoms with Crippen molar-refractivity contribution in [3.8, 4) is 0 Å². The van der Waals surface area contributed by atoms with Crippen molar-refractivity contribution in [2.24, 2.45) is 5.92 Å². The van der Waals surface area contributed by atoms with Gasteiger partial charge in [-0.05, 0) is 37.8 Å². The van der Waals surface area contributed by atoms with Crippen LogP contribution in [-0.4, -0.2) is 34.1 Å². The number of nitrogens with zero attached hydrogens (tertiary/aromatic N) is 2. The number of hydrogen-bond donors (Lipinski definition) is 0. The molecule has 4 heterocycles. The van der Waals surface area contributed by atoms with Crippen LogP contribution in [0, 0.1) is 5.92 Å². The summed E-state index contributed by atoms with van der Waals surface area (Å²) < 4.78 is 26.5. The Bertz CT molecular complexity index is 820. The normalized spacial score (nSPS) is 30.3. The lowest BCUT2D eigenvalue weighted by atomic mass is 9.85. The molecule has 0 N–H and O–H groups in total. The predicted molar refractivity (Wildman–Crippen MR) is 82.6 cm³/mol. The molecule has 2 fully saturated rings. The first-order chi connectivity index (χ1) is 10.6. The maximum absolute atomic E-state index is 12.8. The summed E-state index contributed by atoms with van der Waals surface area (Å²) in [6, 6.07) is 3.62. The maximum Gasteiger partial charge on any atom is 0.167 e. The zero-order valence-electron chi connectivity index (χ0n) is 12.2. The van der Waals surface area contributed by atoms with Crippen LogP contribution in [0.5, 0.6) is 0 Å². The number of carbonyl (C=O) groups excluding carboxylic acids is 1. The van der Waals surface area contributed by atoms with Crippen LogP contribution < -0.4 is 0 Å². The number of aromatic nitrogens is 2. The van der Waals surface area contributed by atoms with E-state index in [2.05, 4.69) is 4.98 Å². The summed E-state index contributed by atoms with van der Waals surface area (Å²) in [6.07, 6.45) is 8.67. The summed E-state index contributed by atoms with van der Waals surface area (Å²) in [5.74, 6) is -0.0952. The van der Waals surface area contributed by atoms with Gasteiger partial charge in [-0.15, -0.1) is 0 Å². The molecule has 2 aliphatic rings. The Labute approximate surface area is 129 Å². The van der Waals surface area contributed by atoms with Crippen LogP contribution >= 0.6 is 0 Å². The van der Waals surface area contributed by atoms with E-state index in [0.29, 0.717) is 31.2 Å². The van der Waals surface area contributed by atoms with Crippen LogP contribution in [0.25, 0.3) is 5.65 Å². The van der Waals surface area contributed by atoms with Crippen LogP contribution in [0.15, 0.2) is 30.7 Å². The Kier molecular flexibility index (Phi) is 3.11. The molecule has 116 valence electrons. The van der Waals surface area contributed by atoms with E-state index in [4.69, 9.17) is 0 Å². The molecule has 5 nitrogen and oxygen atoms in total. The molecule has 2 bridgehead atoms. The summed E-state index contributed by atoms with van der Waals surface area (Å²) in [5, 5.41) is -0.628. The van der Waals surface area contributed by atoms with Gasteiger partial charge in [0.15, 0.2) is 15.6 Å². The van der Waals surface area contributed by atoms with E-state index in [0.717, 1.165) is 12.1 Å². The standard InChI is InChI=1S/C16H18N2O3S/c19-16(11-4-5-15-17-6-7-18(15)10-11)12-8-13-2-1-3-14(9-12)22(13,20)21/h4-7,10,12-14H,1-3,8-9H2. The molecule has 0 radical (unpaired) electrons. The van der Waals surface area contributed by atoms with E-state index < -0.39 is 9.84 Å². The highest BCUT2D eigenvalue weighted by molar-refractivity contribution is 7.92. The fourth-order valence-corrected chi connectivity index (χ4v) is 6.46. The topological polar surface area (TPSA) is 68.5 Å². The third-order valence-electron chi connectivity index (χ3n) is 5.12. The summed E-state index contributed by atoms with van der Waals surface area (Å²) in [6.45, 7) is 0. The zero-order valence-corrected chi connectivity index (χ0v) is 13.0. The van der Waals surface area contributed by atoms with Crippen LogP contribution in [0.1, 0.15) is 42.5 Å². The summed E-state index contributed by atoms with van der Waals surface area (Å²) in [7, 11) is -3.01. The number of hydrogen-bond acceptors (Lipinski definition) is 4. The summed E-state index contributed by atoms with van der Waals surface area (Å²) in [4.78, 5) is 16.9. The number of rotatable bonds is 2. The minimum atomic E-state index is -3.01. The average Bonchev–Trinajstić information content (AvgIpc) is 2.92. The zero-order chi connectivity index (χ0) is 15.3. The van der Waals surface area contributed by atoms with Gasteiger partial charge in [-0.1, -0.05) is 6.42 Å². The second kappa shape index (κ2) is 4.91. The van der Waals surface area contributed by atoms with E-state index in [1.54, 1.807) is 18.5 Å². The number of Topliss-reactive ketones (excluding diaryl/α,β-unsaturated/α-hetero) is 1. The van der Waals surface area contributed by atoms with E-state index in [-0.39, 0.29) is 22.2 Å². The molecule has 2 aliphatic heterocycles. The fraction of sp³-hybridized carbons (Fsp3) is 0.500. The van der Waals surface area contributed by atoms with Crippen molar-refractivity contribution in [2.45, 2.75) is 42.6 Å². The molecule has 0 amide bonds. The maximum atomic E-state index is 12.8. The van der Waals surface area contributed by atoms with Gasteiger partial charge < -0.3 is 4.40 Å². The molecule has 22 heavy (non-hydrogen) atoms. The van der Waals surface area contributed by atoms with Gasteiger partial charge in [0.2, 0.25) is 0 Å². The van der Waals surface area contributed by atoms with Crippen molar-refractivity contribution in [3.63, 3.8) is 0 Å². The Morgan fingerprint density at radius 3 is 2.64 bits per heavy atom. The smallest absolute Gasteiger partial charge is 0.167 e. The lowest BCUT2D eigenvalue weighted by Gasteiger charge is -2.38. The molecule has 2 aromatic rings. The minimum Gasteiger partial charge on any atom is -0.306 e. The van der Waals surface area contributed by atoms with E-state index in [1.165, 1.54) is 0 Å². The Hall–Kier alpha value is -1.69. The van der Waals surface area contributed by atoms with Crippen LogP contribution in [-0.2, 0) is 9.84 Å². The lowest BCUT2D eigenvalue weighted by molar-refractivity contribution is 0.0893. The van der Waals surface area contributed by atoms with Crippen molar-refractivity contribution < 1.29 is 13.2 Å². The Morgan fingerprint density at radius 2 is 1.91 bits per heavy atom. The largest absolute Gasteiger partial charge is 0.306 e. The first-order valence-corrected chi connectivity index (χ1v) is 9.36. The molecule has 0 saturated carbocycles. The molecule has 0 spiro atoms. The Morgan fingerprint density at radius 1 is 1.18 bits per heavy atom. The highest BCUT2D eigenvalue weighted by atomic mass is 32.2. The van der Waals surface area contributed by atoms with Crippen LogP contribution in [0.4, 0.5) is 0 Å². The molecule has 2 atom stereocenters. The number of fused-ring (bicyclic) bond motifs is 3. The van der Waals surface area contributed by atoms with Crippen molar-refractivity contribution in [1.29, 1.82) is 0 Å². The van der Waals surface area contributed by atoms with Gasteiger partial charge in [0.25, 0.3) is 0 Å². The number of pyridine rings is 1. The second-order valence-electron chi connectivity index (χ2n) is 6.41. The molecule has 2 unspecified atom stereocenters. The molecule has 0 aromatic carbocycles. The number of ketones is 1. The average molecular weight is 318 g/mol. The third-order valence-corrected chi connectivity index (χ3v) is 7.84. The van der Waals surface area contributed by atoms with Gasteiger partial charge in [0.05, 0.1) is 10.5 Å². The molecule has 2 aromatic heterocycles. The van der Waals surface area contributed by atoms with Crippen molar-refractivity contribution in [2.75, 3.05) is 0 Å². The van der Waals surface area contributed by atoms with Crippen molar-refractivity contribution in [3.05, 3.63) is 36.3 Å². The second-order valence-corrected chi connectivity index (χ2v) is 8.92. The first-order valence-electron chi connectivity index (χ1n) is 7.75. The molecule has 6 heteroatoms. The summed E-state index contributed by atoms with van der Waals surface area (Å²) in [5.41, 5.74) is 1.45. The van der Waals surface area contributed by atoms with Gasteiger partial charge in [-0.25, -0.2) is 13.4 Å². The minimum absolute atomic E-state index is 0.0717. The highest BCUT2D eigenvalue weighted by Crippen LogP contribution is 2.40. The number of carbonyl (C=O) groups is 1. The lowest BCUT2D eigenvalue weighted by Crippen LogP contribution is -2.45. The van der Waals surface area contributed by atoms with Crippen molar-refractivity contribution >= 4 is 21.3 Å².